The van der Waals surface area contributed by atoms with Crippen molar-refractivity contribution < 1.29 is 78.4 Å². The quantitative estimate of drug-likeness (QED) is 0.402. The number of hydrogen-bond donors (Lipinski definition) is 3. The number of likely N-dealkylation sites (N-methyl/N-ethyl adjacent to an activating group) is 2. The lowest BCUT2D eigenvalue weighted by molar-refractivity contribution is -0.193. The number of furan rings is 1. The van der Waals surface area contributed by atoms with Gasteiger partial charge in [0, 0.05) is 45.3 Å². The van der Waals surface area contributed by atoms with E-state index in [0.717, 1.165) is 63.8 Å². The van der Waals surface area contributed by atoms with Crippen molar-refractivity contribution in [3.8, 4) is 0 Å². The first-order valence-corrected chi connectivity index (χ1v) is 13.2. The fourth-order valence-corrected chi connectivity index (χ4v) is 4.75. The molecule has 3 saturated heterocycles. The van der Waals surface area contributed by atoms with Crippen molar-refractivity contribution in [3.63, 3.8) is 0 Å². The molecule has 0 unspecified atom stereocenters. The molecule has 0 aliphatic carbocycles. The molecule has 1 aromatic heterocycles. The summed E-state index contributed by atoms with van der Waals surface area (Å²) >= 11 is 0. The minimum Gasteiger partial charge on any atom is -0.475 e. The third-order valence-electron chi connectivity index (χ3n) is 7.03. The van der Waals surface area contributed by atoms with E-state index in [1.165, 1.54) is 0 Å². The lowest BCUT2D eigenvalue weighted by Crippen LogP contribution is -2.53. The molecule has 264 valence electrons. The van der Waals surface area contributed by atoms with E-state index in [1.807, 2.05) is 13.0 Å². The van der Waals surface area contributed by atoms with Crippen LogP contribution in [0.2, 0.25) is 0 Å². The summed E-state index contributed by atoms with van der Waals surface area (Å²) in [5, 5.41) is 21.4. The average Bonchev–Trinajstić information content (AvgIpc) is 3.59. The van der Waals surface area contributed by atoms with Gasteiger partial charge in [0.25, 0.3) is 0 Å². The van der Waals surface area contributed by atoms with Gasteiger partial charge in [0.2, 0.25) is 5.91 Å². The van der Waals surface area contributed by atoms with Crippen molar-refractivity contribution in [1.29, 1.82) is 0 Å². The maximum absolute atomic E-state index is 13.0. The van der Waals surface area contributed by atoms with Gasteiger partial charge in [-0.3, -0.25) is 14.6 Å². The molecule has 1 amide bonds. The second-order valence-electron chi connectivity index (χ2n) is 10.5. The van der Waals surface area contributed by atoms with E-state index in [2.05, 4.69) is 39.8 Å². The molecule has 3 aliphatic heterocycles. The number of alkyl halides is 9. The highest BCUT2D eigenvalue weighted by Gasteiger charge is 2.48. The standard InChI is InChI=1S/C19H30N4O2.3C2HF3O2/c1-14-4-5-16(25-14)12-22-11-15-10-17(21(3)18(15)13-22)19(24)23-8-6-20(2)7-9-23;3*3-2(4,5)1(6)7/h4-5,15,17-18H,6-13H2,1-3H3;3*(H,6,7)/t15-,17-,18+;;;/m0.../s1. The number of aryl methyl sites for hydroxylation is 1. The Morgan fingerprint density at radius 1 is 0.783 bits per heavy atom. The highest BCUT2D eigenvalue weighted by molar-refractivity contribution is 5.82. The number of carboxylic acid groups (broad SMARTS) is 3. The van der Waals surface area contributed by atoms with E-state index >= 15 is 0 Å². The van der Waals surface area contributed by atoms with Gasteiger partial charge in [-0.15, -0.1) is 0 Å². The number of rotatable bonds is 3. The molecule has 3 fully saturated rings. The van der Waals surface area contributed by atoms with Crippen molar-refractivity contribution in [2.45, 2.75) is 50.5 Å². The van der Waals surface area contributed by atoms with Crippen LogP contribution in [0.4, 0.5) is 39.5 Å². The third-order valence-corrected chi connectivity index (χ3v) is 7.03. The molecule has 12 nitrogen and oxygen atoms in total. The second kappa shape index (κ2) is 16.3. The van der Waals surface area contributed by atoms with Crippen LogP contribution in [0.5, 0.6) is 0 Å². The summed E-state index contributed by atoms with van der Waals surface area (Å²) in [4.78, 5) is 48.8. The van der Waals surface area contributed by atoms with Crippen molar-refractivity contribution in [1.82, 2.24) is 19.6 Å². The number of hydrogen-bond acceptors (Lipinski definition) is 8. The number of carboxylic acids is 3. The molecule has 21 heteroatoms. The minimum atomic E-state index is -5.08. The van der Waals surface area contributed by atoms with E-state index in [1.54, 1.807) is 0 Å². The summed E-state index contributed by atoms with van der Waals surface area (Å²) in [7, 11) is 4.27. The Kier molecular flexibility index (Phi) is 14.3. The van der Waals surface area contributed by atoms with Crippen LogP contribution < -0.4 is 0 Å². The molecule has 3 aliphatic rings. The molecular formula is C25H33F9N4O8. The first-order valence-electron chi connectivity index (χ1n) is 13.2. The SMILES string of the molecule is Cc1ccc(CN2C[C@@H]3C[C@@H](C(=O)N4CCN(C)CC4)N(C)[C@@H]3C2)o1.O=C(O)C(F)(F)F.O=C(O)C(F)(F)F.O=C(O)C(F)(F)F. The van der Waals surface area contributed by atoms with Crippen LogP contribution in [0.15, 0.2) is 16.5 Å². The molecule has 4 heterocycles. The van der Waals surface area contributed by atoms with Gasteiger partial charge in [0.15, 0.2) is 0 Å². The second-order valence-corrected chi connectivity index (χ2v) is 10.5. The lowest BCUT2D eigenvalue weighted by Gasteiger charge is -2.36. The maximum Gasteiger partial charge on any atom is 0.490 e. The van der Waals surface area contributed by atoms with Crippen molar-refractivity contribution in [2.75, 3.05) is 53.4 Å². The van der Waals surface area contributed by atoms with Crippen LogP contribution in [0.1, 0.15) is 17.9 Å². The number of nitrogens with zero attached hydrogens (tertiary/aromatic N) is 4. The van der Waals surface area contributed by atoms with Gasteiger partial charge in [0.05, 0.1) is 12.6 Å². The van der Waals surface area contributed by atoms with Gasteiger partial charge >= 0.3 is 36.4 Å². The van der Waals surface area contributed by atoms with Crippen LogP contribution in [-0.4, -0.2) is 143 Å². The fourth-order valence-electron chi connectivity index (χ4n) is 4.75. The van der Waals surface area contributed by atoms with Gasteiger partial charge in [-0.05, 0) is 45.5 Å². The van der Waals surface area contributed by atoms with Crippen LogP contribution in [0.25, 0.3) is 0 Å². The lowest BCUT2D eigenvalue weighted by atomic mass is 10.0. The van der Waals surface area contributed by atoms with Crippen LogP contribution in [0.3, 0.4) is 0 Å². The number of carbonyl (C=O) groups is 4. The average molecular weight is 689 g/mol. The van der Waals surface area contributed by atoms with Crippen LogP contribution in [-0.2, 0) is 25.7 Å². The largest absolute Gasteiger partial charge is 0.490 e. The zero-order chi connectivity index (χ0) is 35.8. The summed E-state index contributed by atoms with van der Waals surface area (Å²) in [5.74, 6) is -5.30. The molecular weight excluding hydrogens is 655 g/mol. The molecule has 46 heavy (non-hydrogen) atoms. The van der Waals surface area contributed by atoms with E-state index in [-0.39, 0.29) is 6.04 Å². The molecule has 3 N–H and O–H groups in total. The Labute approximate surface area is 255 Å². The third kappa shape index (κ3) is 13.0. The number of halogens is 9. The number of fused-ring (bicyclic) bond motifs is 1. The number of piperazine rings is 1. The normalized spacial score (nSPS) is 22.3. The van der Waals surface area contributed by atoms with Crippen LogP contribution in [0, 0.1) is 12.8 Å². The smallest absolute Gasteiger partial charge is 0.475 e. The predicted molar refractivity (Wildman–Crippen MR) is 137 cm³/mol. The van der Waals surface area contributed by atoms with Gasteiger partial charge in [0.1, 0.15) is 11.5 Å². The van der Waals surface area contributed by atoms with E-state index in [4.69, 9.17) is 34.1 Å². The monoisotopic (exact) mass is 688 g/mol. The summed E-state index contributed by atoms with van der Waals surface area (Å²) in [6.07, 6.45) is -14.2. The first kappa shape index (κ1) is 40.4. The van der Waals surface area contributed by atoms with Crippen molar-refractivity contribution in [2.24, 2.45) is 5.92 Å². The summed E-state index contributed by atoms with van der Waals surface area (Å²) in [5.41, 5.74) is 0. The summed E-state index contributed by atoms with van der Waals surface area (Å²) in [6, 6.07) is 4.68. The number of aliphatic carboxylic acids is 3. The topological polar surface area (TPSA) is 155 Å². The van der Waals surface area contributed by atoms with E-state index in [9.17, 15) is 44.3 Å². The molecule has 3 atom stereocenters. The molecule has 4 rings (SSSR count). The summed E-state index contributed by atoms with van der Waals surface area (Å²) < 4.78 is 101. The molecule has 0 aromatic carbocycles. The molecule has 0 saturated carbocycles. The predicted octanol–water partition coefficient (Wildman–Crippen LogP) is 2.77. The molecule has 0 radical (unpaired) electrons. The molecule has 1 aromatic rings. The van der Waals surface area contributed by atoms with Crippen LogP contribution >= 0.6 is 0 Å². The molecule has 0 spiro atoms. The zero-order valence-corrected chi connectivity index (χ0v) is 24.6. The number of amides is 1. The van der Waals surface area contributed by atoms with Gasteiger partial charge in [-0.1, -0.05) is 0 Å². The number of likely N-dealkylation sites (tertiary alicyclic amines) is 2. The number of carbonyl (C=O) groups excluding carboxylic acids is 1. The minimum absolute atomic E-state index is 0.0754. The van der Waals surface area contributed by atoms with Gasteiger partial charge in [-0.25, -0.2) is 14.4 Å². The fraction of sp³-hybridized carbons (Fsp3) is 0.680. The Bertz CT molecular complexity index is 1120. The Morgan fingerprint density at radius 2 is 1.22 bits per heavy atom. The van der Waals surface area contributed by atoms with Gasteiger partial charge < -0.3 is 29.5 Å². The highest BCUT2D eigenvalue weighted by atomic mass is 19.4. The Hall–Kier alpha value is -3.59. The first-order chi connectivity index (χ1) is 20.8. The summed E-state index contributed by atoms with van der Waals surface area (Å²) in [6.45, 7) is 8.71. The Morgan fingerprint density at radius 3 is 1.57 bits per heavy atom. The molecule has 0 bridgehead atoms. The van der Waals surface area contributed by atoms with E-state index in [0.29, 0.717) is 17.9 Å². The van der Waals surface area contributed by atoms with Gasteiger partial charge in [-0.2, -0.15) is 39.5 Å². The van der Waals surface area contributed by atoms with E-state index < -0.39 is 36.4 Å². The van der Waals surface area contributed by atoms with Crippen molar-refractivity contribution in [3.05, 3.63) is 23.7 Å². The zero-order valence-electron chi connectivity index (χ0n) is 24.6. The van der Waals surface area contributed by atoms with Crippen molar-refractivity contribution >= 4 is 23.8 Å². The Balaban J connectivity index is 0.000000413. The highest BCUT2D eigenvalue weighted by Crippen LogP contribution is 2.36. The maximum atomic E-state index is 13.0.